The first-order chi connectivity index (χ1) is 15.5. The van der Waals surface area contributed by atoms with Crippen LogP contribution in [0.2, 0.25) is 0 Å². The van der Waals surface area contributed by atoms with E-state index in [1.165, 1.54) is 21.6 Å². The van der Waals surface area contributed by atoms with Crippen LogP contribution >= 0.6 is 0 Å². The highest BCUT2D eigenvalue weighted by Gasteiger charge is 2.36. The quantitative estimate of drug-likeness (QED) is 0.551. The molecule has 0 saturated carbocycles. The van der Waals surface area contributed by atoms with E-state index < -0.39 is 35.5 Å². The zero-order chi connectivity index (χ0) is 24.1. The van der Waals surface area contributed by atoms with Crippen molar-refractivity contribution in [1.82, 2.24) is 9.55 Å². The molecule has 0 saturated heterocycles. The molecule has 33 heavy (non-hydrogen) atoms. The second kappa shape index (κ2) is 8.02. The number of hydrogen-bond acceptors (Lipinski definition) is 3. The van der Waals surface area contributed by atoms with Crippen LogP contribution in [-0.2, 0) is 6.18 Å². The van der Waals surface area contributed by atoms with Crippen LogP contribution in [0.1, 0.15) is 50.8 Å². The summed E-state index contributed by atoms with van der Waals surface area (Å²) in [6.45, 7) is 5.20. The molecule has 3 heterocycles. The molecule has 1 N–H and O–H groups in total. The summed E-state index contributed by atoms with van der Waals surface area (Å²) in [7, 11) is 0. The predicted octanol–water partition coefficient (Wildman–Crippen LogP) is 5.13. The highest BCUT2D eigenvalue weighted by atomic mass is 19.4. The zero-order valence-corrected chi connectivity index (χ0v) is 18.0. The lowest BCUT2D eigenvalue weighted by molar-refractivity contribution is -0.137. The van der Waals surface area contributed by atoms with E-state index in [1.807, 2.05) is 0 Å². The number of amides is 2. The topological polar surface area (TPSA) is 67.2 Å². The Morgan fingerprint density at radius 2 is 1.70 bits per heavy atom. The van der Waals surface area contributed by atoms with Crippen molar-refractivity contribution >= 4 is 23.2 Å². The Labute approximate surface area is 186 Å². The number of pyridine rings is 1. The number of benzene rings is 1. The molecular weight excluding hydrogens is 440 g/mol. The third-order valence-electron chi connectivity index (χ3n) is 5.42. The van der Waals surface area contributed by atoms with Crippen molar-refractivity contribution in [2.75, 3.05) is 16.8 Å². The Bertz CT molecular complexity index is 1230. The Morgan fingerprint density at radius 3 is 2.27 bits per heavy atom. The van der Waals surface area contributed by atoms with Crippen LogP contribution in [0.15, 0.2) is 42.5 Å². The molecule has 2 aromatic heterocycles. The molecular formula is C23H20F4N4O2. The molecule has 6 nitrogen and oxygen atoms in total. The molecule has 1 aromatic carbocycles. The molecule has 4 rings (SSSR count). The molecule has 1 aliphatic heterocycles. The van der Waals surface area contributed by atoms with Crippen LogP contribution in [0.4, 0.5) is 28.9 Å². The number of halogens is 4. The maximum absolute atomic E-state index is 14.7. The number of aromatic nitrogens is 2. The van der Waals surface area contributed by atoms with Crippen LogP contribution in [-0.4, -0.2) is 27.9 Å². The largest absolute Gasteiger partial charge is 0.416 e. The van der Waals surface area contributed by atoms with Crippen LogP contribution in [0.5, 0.6) is 0 Å². The first kappa shape index (κ1) is 22.5. The highest BCUT2D eigenvalue weighted by Crippen LogP contribution is 2.35. The van der Waals surface area contributed by atoms with Crippen molar-refractivity contribution < 1.29 is 27.2 Å². The van der Waals surface area contributed by atoms with Gasteiger partial charge in [-0.3, -0.25) is 14.6 Å². The first-order valence-corrected chi connectivity index (χ1v) is 10.1. The van der Waals surface area contributed by atoms with E-state index in [0.29, 0.717) is 17.0 Å². The van der Waals surface area contributed by atoms with E-state index in [1.54, 1.807) is 32.9 Å². The third-order valence-corrected chi connectivity index (χ3v) is 5.42. The van der Waals surface area contributed by atoms with Crippen molar-refractivity contribution in [3.05, 3.63) is 76.6 Å². The van der Waals surface area contributed by atoms with E-state index in [4.69, 9.17) is 0 Å². The van der Waals surface area contributed by atoms with Gasteiger partial charge in [0.05, 0.1) is 17.3 Å². The van der Waals surface area contributed by atoms with E-state index >= 15 is 0 Å². The summed E-state index contributed by atoms with van der Waals surface area (Å²) in [5.74, 6) is -1.87. The highest BCUT2D eigenvalue weighted by molar-refractivity contribution is 6.13. The van der Waals surface area contributed by atoms with Crippen LogP contribution in [0.3, 0.4) is 0 Å². The summed E-state index contributed by atoms with van der Waals surface area (Å²) in [5, 5.41) is 2.59. The van der Waals surface area contributed by atoms with Crippen LogP contribution in [0.25, 0.3) is 0 Å². The van der Waals surface area contributed by atoms with Crippen molar-refractivity contribution in [2.45, 2.75) is 33.0 Å². The molecule has 10 heteroatoms. The second-order valence-electron chi connectivity index (χ2n) is 8.00. The monoisotopic (exact) mass is 460 g/mol. The van der Waals surface area contributed by atoms with Gasteiger partial charge in [-0.05, 0) is 57.2 Å². The molecule has 172 valence electrons. The number of nitrogens with zero attached hydrogens (tertiary/aromatic N) is 3. The summed E-state index contributed by atoms with van der Waals surface area (Å²) < 4.78 is 54.6. The molecule has 1 aliphatic rings. The number of carbonyl (C=O) groups is 2. The number of alkyl halides is 3. The standard InChI is InChI=1S/C23H20F4N4O2/c1-12-8-15(9-13(2)28-12)21(32)29-18-10-19(24)31-14(3)11-30(22(33)20(18)31)17-6-4-16(5-7-17)23(25,26)27/h4-10,14H,11H2,1-3H3,(H,29,32)/t14-/m0/s1. The van der Waals surface area contributed by atoms with E-state index in [9.17, 15) is 27.2 Å². The van der Waals surface area contributed by atoms with Gasteiger partial charge < -0.3 is 14.8 Å². The molecule has 0 aliphatic carbocycles. The van der Waals surface area contributed by atoms with Gasteiger partial charge in [0.15, 0.2) is 5.95 Å². The van der Waals surface area contributed by atoms with Crippen molar-refractivity contribution in [3.63, 3.8) is 0 Å². The molecule has 0 bridgehead atoms. The minimum absolute atomic E-state index is 0.0157. The number of nitrogens with one attached hydrogen (secondary N) is 1. The summed E-state index contributed by atoms with van der Waals surface area (Å²) in [5.41, 5.74) is 0.864. The minimum atomic E-state index is -4.50. The number of anilines is 2. The number of rotatable bonds is 3. The summed E-state index contributed by atoms with van der Waals surface area (Å²) in [4.78, 5) is 31.5. The number of hydrogen-bond donors (Lipinski definition) is 1. The lowest BCUT2D eigenvalue weighted by Gasteiger charge is -2.33. The summed E-state index contributed by atoms with van der Waals surface area (Å²) in [6, 6.07) is 7.86. The number of carbonyl (C=O) groups excluding carboxylic acids is 2. The summed E-state index contributed by atoms with van der Waals surface area (Å²) in [6.07, 6.45) is -4.50. The number of aryl methyl sites for hydroxylation is 2. The molecule has 0 unspecified atom stereocenters. The van der Waals surface area contributed by atoms with Crippen molar-refractivity contribution in [3.8, 4) is 0 Å². The van der Waals surface area contributed by atoms with Crippen LogP contribution < -0.4 is 10.2 Å². The molecule has 1 atom stereocenters. The van der Waals surface area contributed by atoms with Crippen molar-refractivity contribution in [1.29, 1.82) is 0 Å². The maximum Gasteiger partial charge on any atom is 0.416 e. The summed E-state index contributed by atoms with van der Waals surface area (Å²) >= 11 is 0. The smallest absolute Gasteiger partial charge is 0.320 e. The van der Waals surface area contributed by atoms with Crippen LogP contribution in [0, 0.1) is 19.8 Å². The Hall–Kier alpha value is -3.69. The maximum atomic E-state index is 14.7. The van der Waals surface area contributed by atoms with Gasteiger partial charge in [-0.25, -0.2) is 0 Å². The average Bonchev–Trinajstić information content (AvgIpc) is 3.06. The van der Waals surface area contributed by atoms with Gasteiger partial charge in [0.25, 0.3) is 11.8 Å². The van der Waals surface area contributed by atoms with Gasteiger partial charge in [-0.15, -0.1) is 0 Å². The lowest BCUT2D eigenvalue weighted by atomic mass is 10.1. The fourth-order valence-corrected chi connectivity index (χ4v) is 4.01. The van der Waals surface area contributed by atoms with Crippen molar-refractivity contribution in [2.24, 2.45) is 0 Å². The Morgan fingerprint density at radius 1 is 1.09 bits per heavy atom. The third kappa shape index (κ3) is 4.20. The minimum Gasteiger partial charge on any atom is -0.320 e. The van der Waals surface area contributed by atoms with Gasteiger partial charge in [0.2, 0.25) is 0 Å². The lowest BCUT2D eigenvalue weighted by Crippen LogP contribution is -2.43. The van der Waals surface area contributed by atoms with Gasteiger partial charge in [0, 0.05) is 35.2 Å². The van der Waals surface area contributed by atoms with Gasteiger partial charge >= 0.3 is 6.18 Å². The van der Waals surface area contributed by atoms with Gasteiger partial charge in [-0.1, -0.05) is 0 Å². The second-order valence-corrected chi connectivity index (χ2v) is 8.00. The van der Waals surface area contributed by atoms with E-state index in [2.05, 4.69) is 10.3 Å². The SMILES string of the molecule is Cc1cc(C(=O)Nc2cc(F)n3c2C(=O)N(c2ccc(C(F)(F)F)cc2)C[C@@H]3C)cc(C)n1. The molecule has 2 amide bonds. The molecule has 0 fully saturated rings. The van der Waals surface area contributed by atoms with E-state index in [-0.39, 0.29) is 23.6 Å². The number of fused-ring (bicyclic) bond motifs is 1. The first-order valence-electron chi connectivity index (χ1n) is 10.1. The molecule has 0 spiro atoms. The van der Waals surface area contributed by atoms with Gasteiger partial charge in [-0.2, -0.15) is 17.6 Å². The average molecular weight is 460 g/mol. The fraction of sp³-hybridized carbons (Fsp3) is 0.261. The normalized spacial score (nSPS) is 16.0. The fourth-order valence-electron chi connectivity index (χ4n) is 4.01. The van der Waals surface area contributed by atoms with E-state index in [0.717, 1.165) is 18.2 Å². The zero-order valence-electron chi connectivity index (χ0n) is 18.0. The molecule has 0 radical (unpaired) electrons. The Balaban J connectivity index is 1.68. The van der Waals surface area contributed by atoms with Gasteiger partial charge in [0.1, 0.15) is 5.69 Å². The molecule has 3 aromatic rings. The predicted molar refractivity (Wildman–Crippen MR) is 114 cm³/mol. The Kier molecular flexibility index (Phi) is 5.47.